The van der Waals surface area contributed by atoms with Crippen LogP contribution in [0.25, 0.3) is 6.08 Å². The molecule has 2 aromatic carbocycles. The van der Waals surface area contributed by atoms with Gasteiger partial charge in [-0.05, 0) is 55.3 Å². The molecule has 0 bridgehead atoms. The smallest absolute Gasteiger partial charge is 0.251 e. The first-order valence-corrected chi connectivity index (χ1v) is 9.17. The van der Waals surface area contributed by atoms with Crippen molar-refractivity contribution in [3.05, 3.63) is 90.4 Å². The molecule has 4 heteroatoms. The fourth-order valence-electron chi connectivity index (χ4n) is 3.64. The van der Waals surface area contributed by atoms with E-state index in [0.717, 1.165) is 23.4 Å². The minimum atomic E-state index is -0.0375. The molecule has 4 nitrogen and oxygen atoms in total. The summed E-state index contributed by atoms with van der Waals surface area (Å²) in [6.45, 7) is 2.09. The molecule has 1 N–H and O–H groups in total. The maximum absolute atomic E-state index is 12.9. The number of fused-ring (bicyclic) bond motifs is 1. The zero-order valence-electron chi connectivity index (χ0n) is 15.2. The van der Waals surface area contributed by atoms with Crippen molar-refractivity contribution in [2.75, 3.05) is 10.2 Å². The Kier molecular flexibility index (Phi) is 4.79. The molecule has 0 aliphatic carbocycles. The second kappa shape index (κ2) is 7.54. The van der Waals surface area contributed by atoms with Gasteiger partial charge in [-0.1, -0.05) is 36.4 Å². The lowest BCUT2D eigenvalue weighted by atomic mass is 9.91. The van der Waals surface area contributed by atoms with E-state index in [-0.39, 0.29) is 18.0 Å². The van der Waals surface area contributed by atoms with E-state index in [1.165, 1.54) is 0 Å². The van der Waals surface area contributed by atoms with Gasteiger partial charge in [0, 0.05) is 23.5 Å². The van der Waals surface area contributed by atoms with Crippen LogP contribution in [0.5, 0.6) is 0 Å². The Hall–Kier alpha value is -3.27. The Balaban J connectivity index is 1.61. The van der Waals surface area contributed by atoms with Crippen LogP contribution in [0, 0.1) is 0 Å². The van der Waals surface area contributed by atoms with Crippen LogP contribution in [0.3, 0.4) is 0 Å². The van der Waals surface area contributed by atoms with E-state index < -0.39 is 0 Å². The van der Waals surface area contributed by atoms with Crippen molar-refractivity contribution in [1.29, 1.82) is 0 Å². The van der Waals surface area contributed by atoms with E-state index >= 15 is 0 Å². The Bertz CT molecular complexity index is 932. The molecule has 0 fully saturated rings. The summed E-state index contributed by atoms with van der Waals surface area (Å²) in [4.78, 5) is 14.8. The molecule has 0 spiro atoms. The lowest BCUT2D eigenvalue weighted by Crippen LogP contribution is -2.43. The Morgan fingerprint density at radius 2 is 1.85 bits per heavy atom. The molecule has 3 aromatic rings. The molecule has 1 aliphatic rings. The van der Waals surface area contributed by atoms with Crippen LogP contribution in [0.4, 0.5) is 11.4 Å². The van der Waals surface area contributed by atoms with Crippen LogP contribution in [0.15, 0.2) is 83.5 Å². The molecule has 4 rings (SSSR count). The van der Waals surface area contributed by atoms with Gasteiger partial charge in [0.15, 0.2) is 0 Å². The van der Waals surface area contributed by atoms with E-state index in [2.05, 4.69) is 30.4 Å². The van der Waals surface area contributed by atoms with Crippen LogP contribution in [-0.2, 0) is 4.79 Å². The molecule has 1 amide bonds. The van der Waals surface area contributed by atoms with Crippen molar-refractivity contribution in [3.63, 3.8) is 0 Å². The first kappa shape index (κ1) is 17.2. The van der Waals surface area contributed by atoms with Gasteiger partial charge in [0.1, 0.15) is 5.76 Å². The number of para-hydroxylation sites is 2. The highest BCUT2D eigenvalue weighted by atomic mass is 16.3. The summed E-state index contributed by atoms with van der Waals surface area (Å²) in [5.41, 5.74) is 3.18. The third-order valence-corrected chi connectivity index (χ3v) is 4.87. The van der Waals surface area contributed by atoms with Crippen molar-refractivity contribution in [2.45, 2.75) is 25.4 Å². The van der Waals surface area contributed by atoms with Crippen molar-refractivity contribution < 1.29 is 9.21 Å². The topological polar surface area (TPSA) is 45.5 Å². The molecule has 1 aliphatic heterocycles. The second-order valence-corrected chi connectivity index (χ2v) is 6.76. The number of nitrogens with zero attached hydrogens (tertiary/aromatic N) is 1. The number of furan rings is 1. The first-order valence-electron chi connectivity index (χ1n) is 9.17. The summed E-state index contributed by atoms with van der Waals surface area (Å²) in [6.07, 6.45) is 5.73. The van der Waals surface area contributed by atoms with Gasteiger partial charge >= 0.3 is 0 Å². The number of benzene rings is 2. The van der Waals surface area contributed by atoms with E-state index in [1.807, 2.05) is 53.4 Å². The van der Waals surface area contributed by atoms with Crippen molar-refractivity contribution >= 4 is 23.4 Å². The van der Waals surface area contributed by atoms with Gasteiger partial charge in [-0.3, -0.25) is 4.79 Å². The number of hydrogen-bond acceptors (Lipinski definition) is 3. The molecule has 136 valence electrons. The van der Waals surface area contributed by atoms with Gasteiger partial charge in [0.2, 0.25) is 0 Å². The molecule has 2 heterocycles. The second-order valence-electron chi connectivity index (χ2n) is 6.76. The lowest BCUT2D eigenvalue weighted by Gasteiger charge is -2.39. The third-order valence-electron chi connectivity index (χ3n) is 4.87. The third kappa shape index (κ3) is 3.65. The van der Waals surface area contributed by atoms with Crippen LogP contribution < -0.4 is 10.2 Å². The molecule has 27 heavy (non-hydrogen) atoms. The first-order chi connectivity index (χ1) is 13.2. The quantitative estimate of drug-likeness (QED) is 0.646. The van der Waals surface area contributed by atoms with E-state index in [1.54, 1.807) is 18.4 Å². The summed E-state index contributed by atoms with van der Waals surface area (Å²) < 4.78 is 5.28. The van der Waals surface area contributed by atoms with Gasteiger partial charge < -0.3 is 14.6 Å². The number of carbonyl (C=O) groups excluding carboxylic acids is 1. The monoisotopic (exact) mass is 358 g/mol. The van der Waals surface area contributed by atoms with E-state index in [4.69, 9.17) is 4.42 Å². The fraction of sp³-hybridized carbons (Fsp3) is 0.174. The summed E-state index contributed by atoms with van der Waals surface area (Å²) >= 11 is 0. The fourth-order valence-corrected chi connectivity index (χ4v) is 3.64. The highest BCUT2D eigenvalue weighted by Gasteiger charge is 2.32. The van der Waals surface area contributed by atoms with Crippen LogP contribution in [0.2, 0.25) is 0 Å². The van der Waals surface area contributed by atoms with Crippen molar-refractivity contribution in [1.82, 2.24) is 0 Å². The predicted octanol–water partition coefficient (Wildman–Crippen LogP) is 5.27. The highest BCUT2D eigenvalue weighted by molar-refractivity contribution is 6.05. The van der Waals surface area contributed by atoms with Gasteiger partial charge in [0.25, 0.3) is 5.91 Å². The zero-order chi connectivity index (χ0) is 18.6. The number of hydrogen-bond donors (Lipinski definition) is 1. The Labute approximate surface area is 159 Å². The molecule has 0 unspecified atom stereocenters. The number of nitrogens with one attached hydrogen (secondary N) is 1. The lowest BCUT2D eigenvalue weighted by molar-refractivity contribution is -0.114. The molecular formula is C23H22N2O2. The standard InChI is InChI=1S/C23H22N2O2/c1-17-16-21(24-18-8-3-2-4-9-18)20-11-5-6-12-22(20)25(17)23(26)14-13-19-10-7-15-27-19/h2-15,17,21,24H,16H2,1H3/b14-13+/t17-,21-/m0/s1. The maximum atomic E-state index is 12.9. The summed E-state index contributed by atoms with van der Waals surface area (Å²) in [5, 5.41) is 3.61. The number of carbonyl (C=O) groups is 1. The predicted molar refractivity (Wildman–Crippen MR) is 109 cm³/mol. The van der Waals surface area contributed by atoms with Crippen LogP contribution >= 0.6 is 0 Å². The zero-order valence-corrected chi connectivity index (χ0v) is 15.2. The molecular weight excluding hydrogens is 336 g/mol. The summed E-state index contributed by atoms with van der Waals surface area (Å²) in [7, 11) is 0. The Morgan fingerprint density at radius 1 is 1.07 bits per heavy atom. The minimum Gasteiger partial charge on any atom is -0.465 e. The van der Waals surface area contributed by atoms with Crippen molar-refractivity contribution in [3.8, 4) is 0 Å². The van der Waals surface area contributed by atoms with Gasteiger partial charge in [0.05, 0.1) is 12.3 Å². The van der Waals surface area contributed by atoms with Gasteiger partial charge in [-0.25, -0.2) is 0 Å². The summed E-state index contributed by atoms with van der Waals surface area (Å²) in [5.74, 6) is 0.634. The number of amides is 1. The molecule has 0 saturated carbocycles. The van der Waals surface area contributed by atoms with Gasteiger partial charge in [-0.15, -0.1) is 0 Å². The van der Waals surface area contributed by atoms with E-state index in [0.29, 0.717) is 5.76 Å². The molecule has 0 saturated heterocycles. The highest BCUT2D eigenvalue weighted by Crippen LogP contribution is 2.39. The minimum absolute atomic E-state index is 0.0375. The average Bonchev–Trinajstić information content (AvgIpc) is 3.21. The summed E-state index contributed by atoms with van der Waals surface area (Å²) in [6, 6.07) is 22.2. The van der Waals surface area contributed by atoms with E-state index in [9.17, 15) is 4.79 Å². The van der Waals surface area contributed by atoms with Crippen LogP contribution in [-0.4, -0.2) is 11.9 Å². The number of rotatable bonds is 4. The average molecular weight is 358 g/mol. The van der Waals surface area contributed by atoms with Crippen LogP contribution in [0.1, 0.15) is 30.7 Å². The largest absolute Gasteiger partial charge is 0.465 e. The maximum Gasteiger partial charge on any atom is 0.251 e. The molecule has 0 radical (unpaired) electrons. The van der Waals surface area contributed by atoms with Crippen molar-refractivity contribution in [2.24, 2.45) is 0 Å². The SMILES string of the molecule is C[C@H]1C[C@H](Nc2ccccc2)c2ccccc2N1C(=O)/C=C/c1ccco1. The molecule has 1 aromatic heterocycles. The normalized spacial score (nSPS) is 19.1. The molecule has 2 atom stereocenters. The van der Waals surface area contributed by atoms with Gasteiger partial charge in [-0.2, -0.15) is 0 Å². The number of anilines is 2. The Morgan fingerprint density at radius 3 is 2.63 bits per heavy atom.